The molecule has 0 aliphatic carbocycles. The summed E-state index contributed by atoms with van der Waals surface area (Å²) < 4.78 is 29.1. The second-order valence-corrected chi connectivity index (χ2v) is 10.1. The van der Waals surface area contributed by atoms with E-state index in [1.165, 1.54) is 23.0 Å². The topological polar surface area (TPSA) is 74.6 Å². The third-order valence-electron chi connectivity index (χ3n) is 6.01. The number of aromatic nitrogens is 1. The summed E-state index contributed by atoms with van der Waals surface area (Å²) in [6, 6.07) is 9.29. The number of nitrogens with zero attached hydrogens (tertiary/aromatic N) is 3. The van der Waals surface area contributed by atoms with Gasteiger partial charge < -0.3 is 14.8 Å². The van der Waals surface area contributed by atoms with Gasteiger partial charge in [0, 0.05) is 39.4 Å². The molecule has 2 saturated heterocycles. The van der Waals surface area contributed by atoms with Crippen LogP contribution in [-0.4, -0.2) is 49.4 Å². The Morgan fingerprint density at radius 2 is 1.57 bits per heavy atom. The number of hydrogen-bond acceptors (Lipinski definition) is 4. The SMILES string of the molecule is Cn1cc(S(=O)(=O)N2CCCCC2)cc1C(=O)Nc1ccccc1N1CCCCC1. The summed E-state index contributed by atoms with van der Waals surface area (Å²) >= 11 is 0. The molecule has 4 rings (SSSR count). The zero-order valence-electron chi connectivity index (χ0n) is 17.5. The molecule has 1 N–H and O–H groups in total. The van der Waals surface area contributed by atoms with E-state index in [9.17, 15) is 13.2 Å². The molecule has 8 heteroatoms. The molecule has 1 aromatic heterocycles. The van der Waals surface area contributed by atoms with E-state index in [4.69, 9.17) is 0 Å². The Labute approximate surface area is 178 Å². The standard InChI is InChI=1S/C22H30N4O3S/c1-24-17-18(30(28,29)26-14-8-3-9-15-26)16-21(24)22(27)23-19-10-4-5-11-20(19)25-12-6-2-7-13-25/h4-5,10-11,16-17H,2-3,6-9,12-15H2,1H3,(H,23,27). The van der Waals surface area contributed by atoms with Gasteiger partial charge in [-0.3, -0.25) is 4.79 Å². The van der Waals surface area contributed by atoms with E-state index in [0.29, 0.717) is 18.8 Å². The third-order valence-corrected chi connectivity index (χ3v) is 7.88. The molecule has 1 aromatic carbocycles. The highest BCUT2D eigenvalue weighted by Gasteiger charge is 2.28. The maximum Gasteiger partial charge on any atom is 0.272 e. The summed E-state index contributed by atoms with van der Waals surface area (Å²) in [6.07, 6.45) is 7.90. The van der Waals surface area contributed by atoms with Gasteiger partial charge in [-0.25, -0.2) is 8.42 Å². The molecule has 0 atom stereocenters. The number of aryl methyl sites for hydroxylation is 1. The number of carbonyl (C=O) groups excluding carboxylic acids is 1. The average molecular weight is 431 g/mol. The molecular weight excluding hydrogens is 400 g/mol. The van der Waals surface area contributed by atoms with Crippen LogP contribution in [0.5, 0.6) is 0 Å². The molecule has 0 bridgehead atoms. The number of sulfonamides is 1. The van der Waals surface area contributed by atoms with Gasteiger partial charge in [-0.05, 0) is 50.3 Å². The number of para-hydroxylation sites is 2. The lowest BCUT2D eigenvalue weighted by Gasteiger charge is -2.30. The summed E-state index contributed by atoms with van der Waals surface area (Å²) in [5.41, 5.74) is 2.10. The molecule has 0 spiro atoms. The normalized spacial score (nSPS) is 18.4. The predicted octanol–water partition coefficient (Wildman–Crippen LogP) is 3.44. The van der Waals surface area contributed by atoms with Crippen LogP contribution in [0.15, 0.2) is 41.4 Å². The Balaban J connectivity index is 1.55. The first kappa shape index (κ1) is 20.9. The van der Waals surface area contributed by atoms with Gasteiger partial charge in [-0.1, -0.05) is 18.6 Å². The fraction of sp³-hybridized carbons (Fsp3) is 0.500. The van der Waals surface area contributed by atoms with Crippen LogP contribution in [0.2, 0.25) is 0 Å². The first-order valence-corrected chi connectivity index (χ1v) is 12.2. The second-order valence-electron chi connectivity index (χ2n) is 8.16. The number of benzene rings is 1. The van der Waals surface area contributed by atoms with Crippen molar-refractivity contribution in [1.82, 2.24) is 8.87 Å². The lowest BCUT2D eigenvalue weighted by Crippen LogP contribution is -2.35. The van der Waals surface area contributed by atoms with E-state index in [-0.39, 0.29) is 10.8 Å². The fourth-order valence-electron chi connectivity index (χ4n) is 4.33. The molecule has 30 heavy (non-hydrogen) atoms. The third kappa shape index (κ3) is 4.25. The summed E-state index contributed by atoms with van der Waals surface area (Å²) in [7, 11) is -1.86. The van der Waals surface area contributed by atoms with Gasteiger partial charge in [0.05, 0.1) is 11.4 Å². The van der Waals surface area contributed by atoms with Crippen LogP contribution < -0.4 is 10.2 Å². The molecule has 0 unspecified atom stereocenters. The average Bonchev–Trinajstić information content (AvgIpc) is 3.18. The van der Waals surface area contributed by atoms with Gasteiger partial charge in [0.2, 0.25) is 10.0 Å². The van der Waals surface area contributed by atoms with Gasteiger partial charge in [-0.2, -0.15) is 4.31 Å². The molecule has 2 fully saturated rings. The maximum atomic E-state index is 13.0. The van der Waals surface area contributed by atoms with Crippen LogP contribution in [0.25, 0.3) is 0 Å². The van der Waals surface area contributed by atoms with E-state index in [1.54, 1.807) is 11.6 Å². The van der Waals surface area contributed by atoms with Crippen LogP contribution in [-0.2, 0) is 17.1 Å². The molecule has 0 saturated carbocycles. The van der Waals surface area contributed by atoms with E-state index >= 15 is 0 Å². The molecular formula is C22H30N4O3S. The van der Waals surface area contributed by atoms with Crippen molar-refractivity contribution in [1.29, 1.82) is 0 Å². The van der Waals surface area contributed by atoms with Crippen molar-refractivity contribution < 1.29 is 13.2 Å². The number of anilines is 2. The van der Waals surface area contributed by atoms with Gasteiger partial charge in [-0.15, -0.1) is 0 Å². The van der Waals surface area contributed by atoms with Crippen LogP contribution in [0.3, 0.4) is 0 Å². The fourth-order valence-corrected chi connectivity index (χ4v) is 5.92. The monoisotopic (exact) mass is 430 g/mol. The van der Waals surface area contributed by atoms with Crippen LogP contribution in [0, 0.1) is 0 Å². The molecule has 1 amide bonds. The molecule has 2 aliphatic rings. The van der Waals surface area contributed by atoms with Crippen LogP contribution in [0.4, 0.5) is 11.4 Å². The molecule has 0 radical (unpaired) electrons. The largest absolute Gasteiger partial charge is 0.370 e. The minimum atomic E-state index is -3.57. The Hall–Kier alpha value is -2.32. The van der Waals surface area contributed by atoms with Crippen molar-refractivity contribution in [3.63, 3.8) is 0 Å². The van der Waals surface area contributed by atoms with Crippen LogP contribution in [0.1, 0.15) is 49.0 Å². The predicted molar refractivity (Wildman–Crippen MR) is 118 cm³/mol. The summed E-state index contributed by atoms with van der Waals surface area (Å²) in [4.78, 5) is 15.5. The first-order chi connectivity index (χ1) is 14.5. The molecule has 2 aliphatic heterocycles. The molecule has 7 nitrogen and oxygen atoms in total. The van der Waals surface area contributed by atoms with Crippen molar-refractivity contribution in [2.24, 2.45) is 7.05 Å². The Bertz CT molecular complexity index is 1000. The van der Waals surface area contributed by atoms with Crippen molar-refractivity contribution in [2.45, 2.75) is 43.4 Å². The Morgan fingerprint density at radius 3 is 2.27 bits per heavy atom. The first-order valence-electron chi connectivity index (χ1n) is 10.8. The Morgan fingerprint density at radius 1 is 0.933 bits per heavy atom. The van der Waals surface area contributed by atoms with Gasteiger partial charge in [0.1, 0.15) is 10.6 Å². The highest BCUT2D eigenvalue weighted by atomic mass is 32.2. The van der Waals surface area contributed by atoms with E-state index < -0.39 is 10.0 Å². The number of rotatable bonds is 5. The van der Waals surface area contributed by atoms with E-state index in [0.717, 1.165) is 56.6 Å². The van der Waals surface area contributed by atoms with Crippen molar-refractivity contribution in [2.75, 3.05) is 36.4 Å². The molecule has 162 valence electrons. The van der Waals surface area contributed by atoms with Crippen molar-refractivity contribution >= 4 is 27.3 Å². The zero-order chi connectivity index (χ0) is 21.1. The minimum absolute atomic E-state index is 0.182. The maximum absolute atomic E-state index is 13.0. The number of piperidine rings is 2. The second kappa shape index (κ2) is 8.81. The van der Waals surface area contributed by atoms with E-state index in [1.807, 2.05) is 24.3 Å². The quantitative estimate of drug-likeness (QED) is 0.789. The summed E-state index contributed by atoms with van der Waals surface area (Å²) in [5, 5.41) is 3.00. The summed E-state index contributed by atoms with van der Waals surface area (Å²) in [6.45, 7) is 3.05. The number of nitrogens with one attached hydrogen (secondary N) is 1. The highest BCUT2D eigenvalue weighted by Crippen LogP contribution is 2.29. The van der Waals surface area contributed by atoms with Crippen LogP contribution >= 0.6 is 0 Å². The number of amides is 1. The molecule has 3 heterocycles. The summed E-state index contributed by atoms with van der Waals surface area (Å²) in [5.74, 6) is -0.304. The lowest BCUT2D eigenvalue weighted by molar-refractivity contribution is 0.101. The Kier molecular flexibility index (Phi) is 6.15. The number of hydrogen-bond donors (Lipinski definition) is 1. The highest BCUT2D eigenvalue weighted by molar-refractivity contribution is 7.89. The van der Waals surface area contributed by atoms with Gasteiger partial charge in [0.15, 0.2) is 0 Å². The van der Waals surface area contributed by atoms with E-state index in [2.05, 4.69) is 10.2 Å². The molecule has 2 aromatic rings. The van der Waals surface area contributed by atoms with Crippen molar-refractivity contribution in [3.05, 3.63) is 42.2 Å². The lowest BCUT2D eigenvalue weighted by atomic mass is 10.1. The number of carbonyl (C=O) groups is 1. The van der Waals surface area contributed by atoms with Gasteiger partial charge >= 0.3 is 0 Å². The minimum Gasteiger partial charge on any atom is -0.370 e. The zero-order valence-corrected chi connectivity index (χ0v) is 18.3. The van der Waals surface area contributed by atoms with Gasteiger partial charge in [0.25, 0.3) is 5.91 Å². The smallest absolute Gasteiger partial charge is 0.272 e. The van der Waals surface area contributed by atoms with Crippen molar-refractivity contribution in [3.8, 4) is 0 Å².